The highest BCUT2D eigenvalue weighted by atomic mass is 35.5. The number of ether oxygens (including phenoxy) is 1. The number of hydrogen-bond donors (Lipinski definition) is 2. The van der Waals surface area contributed by atoms with Crippen LogP contribution in [0.4, 0.5) is 8.78 Å². The number of nitrogens with one attached hydrogen (secondary N) is 2. The molecule has 0 aliphatic carbocycles. The number of halogens is 4. The highest BCUT2D eigenvalue weighted by molar-refractivity contribution is 5.85. The Labute approximate surface area is 118 Å². The first-order valence-electron chi connectivity index (χ1n) is 5.55. The third-order valence-corrected chi connectivity index (χ3v) is 2.53. The summed E-state index contributed by atoms with van der Waals surface area (Å²) < 4.78 is 30.7. The fraction of sp³-hybridized carbons (Fsp3) is 0.900. The molecule has 1 aliphatic heterocycles. The fourth-order valence-corrected chi connectivity index (χ4v) is 1.61. The van der Waals surface area contributed by atoms with E-state index in [4.69, 9.17) is 0 Å². The molecule has 0 aromatic carbocycles. The molecule has 1 heterocycles. The molecule has 0 aromatic heterocycles. The normalized spacial score (nSPS) is 16.4. The van der Waals surface area contributed by atoms with Crippen molar-refractivity contribution in [3.63, 3.8) is 0 Å². The van der Waals surface area contributed by atoms with E-state index in [1.54, 1.807) is 0 Å². The van der Waals surface area contributed by atoms with Crippen LogP contribution in [0.25, 0.3) is 0 Å². The van der Waals surface area contributed by atoms with Crippen LogP contribution in [0.3, 0.4) is 0 Å². The number of carbonyl (C=O) groups is 1. The number of carbonyl (C=O) groups excluding carboxylic acids is 1. The second-order valence-corrected chi connectivity index (χ2v) is 3.83. The van der Waals surface area contributed by atoms with E-state index in [0.717, 1.165) is 25.9 Å². The zero-order valence-corrected chi connectivity index (χ0v) is 11.8. The zero-order valence-electron chi connectivity index (χ0n) is 10.2. The van der Waals surface area contributed by atoms with Crippen LogP contribution >= 0.6 is 24.8 Å². The maximum atomic E-state index is 13.2. The predicted octanol–water partition coefficient (Wildman–Crippen LogP) is 1.37. The average molecular weight is 309 g/mol. The van der Waals surface area contributed by atoms with E-state index >= 15 is 0 Å². The van der Waals surface area contributed by atoms with Gasteiger partial charge < -0.3 is 15.4 Å². The van der Waals surface area contributed by atoms with Gasteiger partial charge in [0, 0.05) is 6.04 Å². The molecule has 0 radical (unpaired) electrons. The second-order valence-electron chi connectivity index (χ2n) is 3.83. The molecule has 1 rings (SSSR count). The number of hydrogen-bond acceptors (Lipinski definition) is 4. The molecule has 0 aromatic rings. The van der Waals surface area contributed by atoms with Crippen molar-refractivity contribution in [2.75, 3.05) is 26.2 Å². The molecule has 0 bridgehead atoms. The van der Waals surface area contributed by atoms with E-state index in [1.165, 1.54) is 6.92 Å². The Hall–Kier alpha value is -0.170. The molecule has 0 saturated carbocycles. The van der Waals surface area contributed by atoms with E-state index in [9.17, 15) is 13.6 Å². The molecule has 0 amide bonds. The summed E-state index contributed by atoms with van der Waals surface area (Å²) in [6.45, 7) is 2.48. The Morgan fingerprint density at radius 1 is 1.39 bits per heavy atom. The maximum Gasteiger partial charge on any atom is 0.378 e. The molecule has 1 fully saturated rings. The SMILES string of the molecule is CCOC(=O)C(F)(F)CNC1CCNCC1.Cl.Cl. The molecular formula is C10H20Cl2F2N2O2. The van der Waals surface area contributed by atoms with Gasteiger partial charge in [-0.05, 0) is 32.9 Å². The van der Waals surface area contributed by atoms with Gasteiger partial charge in [0.15, 0.2) is 0 Å². The molecular weight excluding hydrogens is 289 g/mol. The van der Waals surface area contributed by atoms with Gasteiger partial charge in [0.25, 0.3) is 0 Å². The smallest absolute Gasteiger partial charge is 0.378 e. The van der Waals surface area contributed by atoms with Crippen molar-refractivity contribution in [2.45, 2.75) is 31.7 Å². The first-order valence-corrected chi connectivity index (χ1v) is 5.55. The molecule has 18 heavy (non-hydrogen) atoms. The lowest BCUT2D eigenvalue weighted by molar-refractivity contribution is -0.170. The lowest BCUT2D eigenvalue weighted by Crippen LogP contribution is -2.47. The number of piperidine rings is 1. The highest BCUT2D eigenvalue weighted by Crippen LogP contribution is 2.15. The van der Waals surface area contributed by atoms with Crippen LogP contribution in [0.2, 0.25) is 0 Å². The Bertz CT molecular complexity index is 240. The average Bonchev–Trinajstić information content (AvgIpc) is 2.28. The van der Waals surface area contributed by atoms with E-state index in [2.05, 4.69) is 15.4 Å². The van der Waals surface area contributed by atoms with Crippen LogP contribution in [0.15, 0.2) is 0 Å². The van der Waals surface area contributed by atoms with Gasteiger partial charge >= 0.3 is 11.9 Å². The van der Waals surface area contributed by atoms with Crippen molar-refractivity contribution in [2.24, 2.45) is 0 Å². The Balaban J connectivity index is 0. The van der Waals surface area contributed by atoms with Gasteiger partial charge in [0.2, 0.25) is 0 Å². The van der Waals surface area contributed by atoms with Gasteiger partial charge in [-0.1, -0.05) is 0 Å². The maximum absolute atomic E-state index is 13.2. The monoisotopic (exact) mass is 308 g/mol. The highest BCUT2D eigenvalue weighted by Gasteiger charge is 2.40. The minimum atomic E-state index is -3.43. The third kappa shape index (κ3) is 6.68. The summed E-state index contributed by atoms with van der Waals surface area (Å²) in [5, 5.41) is 5.85. The van der Waals surface area contributed by atoms with Crippen LogP contribution in [0.1, 0.15) is 19.8 Å². The first kappa shape index (κ1) is 20.2. The molecule has 0 unspecified atom stereocenters. The molecule has 1 saturated heterocycles. The van der Waals surface area contributed by atoms with Gasteiger partial charge in [-0.15, -0.1) is 24.8 Å². The van der Waals surface area contributed by atoms with Crippen LogP contribution in [-0.4, -0.2) is 44.2 Å². The molecule has 110 valence electrons. The van der Waals surface area contributed by atoms with Gasteiger partial charge in [0.1, 0.15) is 0 Å². The number of rotatable bonds is 5. The molecule has 8 heteroatoms. The standard InChI is InChI=1S/C10H18F2N2O2.2ClH/c1-2-16-9(15)10(11,12)7-14-8-3-5-13-6-4-8;;/h8,13-14H,2-7H2,1H3;2*1H. The Morgan fingerprint density at radius 3 is 2.44 bits per heavy atom. The summed E-state index contributed by atoms with van der Waals surface area (Å²) in [4.78, 5) is 10.9. The lowest BCUT2D eigenvalue weighted by Gasteiger charge is -2.25. The Kier molecular flexibility index (Phi) is 10.9. The third-order valence-electron chi connectivity index (χ3n) is 2.53. The molecule has 1 aliphatic rings. The molecule has 0 spiro atoms. The van der Waals surface area contributed by atoms with Crippen molar-refractivity contribution in [1.29, 1.82) is 0 Å². The Morgan fingerprint density at radius 2 is 1.94 bits per heavy atom. The van der Waals surface area contributed by atoms with Crippen molar-refractivity contribution in [3.8, 4) is 0 Å². The van der Waals surface area contributed by atoms with Crippen molar-refractivity contribution >= 4 is 30.8 Å². The topological polar surface area (TPSA) is 50.4 Å². The fourth-order valence-electron chi connectivity index (χ4n) is 1.61. The second kappa shape index (κ2) is 9.72. The first-order chi connectivity index (χ1) is 7.56. The zero-order chi connectivity index (χ0) is 12.0. The largest absolute Gasteiger partial charge is 0.462 e. The summed E-state index contributed by atoms with van der Waals surface area (Å²) >= 11 is 0. The quantitative estimate of drug-likeness (QED) is 0.753. The van der Waals surface area contributed by atoms with E-state index in [1.807, 2.05) is 0 Å². The number of esters is 1. The summed E-state index contributed by atoms with van der Waals surface area (Å²) in [7, 11) is 0. The van der Waals surface area contributed by atoms with Gasteiger partial charge in [-0.3, -0.25) is 0 Å². The summed E-state index contributed by atoms with van der Waals surface area (Å²) in [6.07, 6.45) is 1.61. The summed E-state index contributed by atoms with van der Waals surface area (Å²) in [5.74, 6) is -4.88. The predicted molar refractivity (Wildman–Crippen MR) is 70.0 cm³/mol. The van der Waals surface area contributed by atoms with Crippen LogP contribution in [-0.2, 0) is 9.53 Å². The van der Waals surface area contributed by atoms with E-state index < -0.39 is 18.4 Å². The minimum Gasteiger partial charge on any atom is -0.462 e. The van der Waals surface area contributed by atoms with Crippen molar-refractivity contribution in [3.05, 3.63) is 0 Å². The van der Waals surface area contributed by atoms with Crippen LogP contribution in [0.5, 0.6) is 0 Å². The van der Waals surface area contributed by atoms with Gasteiger partial charge in [-0.2, -0.15) is 8.78 Å². The van der Waals surface area contributed by atoms with E-state index in [0.29, 0.717) is 0 Å². The van der Waals surface area contributed by atoms with Crippen molar-refractivity contribution in [1.82, 2.24) is 10.6 Å². The van der Waals surface area contributed by atoms with Gasteiger partial charge in [-0.25, -0.2) is 4.79 Å². The molecule has 4 nitrogen and oxygen atoms in total. The van der Waals surface area contributed by atoms with Crippen LogP contribution in [0, 0.1) is 0 Å². The summed E-state index contributed by atoms with van der Waals surface area (Å²) in [5.41, 5.74) is 0. The van der Waals surface area contributed by atoms with Crippen LogP contribution < -0.4 is 10.6 Å². The molecule has 0 atom stereocenters. The van der Waals surface area contributed by atoms with Crippen molar-refractivity contribution < 1.29 is 18.3 Å². The summed E-state index contributed by atoms with van der Waals surface area (Å²) in [6, 6.07) is 0.0570. The van der Waals surface area contributed by atoms with Gasteiger partial charge in [0.05, 0.1) is 13.2 Å². The number of alkyl halides is 2. The lowest BCUT2D eigenvalue weighted by atomic mass is 10.1. The minimum absolute atomic E-state index is 0. The van der Waals surface area contributed by atoms with E-state index in [-0.39, 0.29) is 37.5 Å². The molecule has 2 N–H and O–H groups in total.